The molecule has 1 fully saturated rings. The van der Waals surface area contributed by atoms with E-state index in [1.54, 1.807) is 6.26 Å². The molecule has 1 N–H and O–H groups in total. The summed E-state index contributed by atoms with van der Waals surface area (Å²) in [5.74, 6) is 0.922. The number of ether oxygens (including phenoxy) is 1. The Balaban J connectivity index is 1.80. The van der Waals surface area contributed by atoms with E-state index in [0.717, 1.165) is 18.7 Å². The molecule has 3 heteroatoms. The van der Waals surface area contributed by atoms with Gasteiger partial charge in [0.15, 0.2) is 0 Å². The van der Waals surface area contributed by atoms with Gasteiger partial charge in [0.25, 0.3) is 0 Å². The normalized spacial score (nSPS) is 18.7. The molecule has 0 bridgehead atoms. The van der Waals surface area contributed by atoms with Crippen LogP contribution in [0.5, 0.6) is 0 Å². The number of hydrogen-bond donors (Lipinski definition) is 1. The lowest BCUT2D eigenvalue weighted by atomic mass is 9.77. The van der Waals surface area contributed by atoms with Crippen molar-refractivity contribution < 1.29 is 9.15 Å². The van der Waals surface area contributed by atoms with Crippen LogP contribution in [0.4, 0.5) is 0 Å². The van der Waals surface area contributed by atoms with Gasteiger partial charge in [-0.25, -0.2) is 0 Å². The molecular weight excluding hydrogens is 190 g/mol. The van der Waals surface area contributed by atoms with Crippen molar-refractivity contribution in [2.45, 2.75) is 37.9 Å². The number of nitrogens with one attached hydrogen (secondary N) is 1. The third-order valence-electron chi connectivity index (χ3n) is 3.20. The standard InChI is InChI=1S/C12H19NO2/c1-13-8-7-12(5-3-6-12)15-10-11-4-2-9-14-11/h2,4,9,13H,3,5-8,10H2,1H3. The van der Waals surface area contributed by atoms with Gasteiger partial charge in [0, 0.05) is 0 Å². The summed E-state index contributed by atoms with van der Waals surface area (Å²) in [4.78, 5) is 0. The molecule has 3 nitrogen and oxygen atoms in total. The minimum Gasteiger partial charge on any atom is -0.467 e. The fourth-order valence-electron chi connectivity index (χ4n) is 2.01. The average molecular weight is 209 g/mol. The van der Waals surface area contributed by atoms with Crippen LogP contribution in [0.3, 0.4) is 0 Å². The first-order valence-corrected chi connectivity index (χ1v) is 5.66. The molecule has 0 unspecified atom stereocenters. The van der Waals surface area contributed by atoms with Gasteiger partial charge in [0.05, 0.1) is 11.9 Å². The van der Waals surface area contributed by atoms with Gasteiger partial charge in [0.1, 0.15) is 12.4 Å². The largest absolute Gasteiger partial charge is 0.467 e. The zero-order valence-electron chi connectivity index (χ0n) is 9.29. The van der Waals surface area contributed by atoms with Gasteiger partial charge >= 0.3 is 0 Å². The van der Waals surface area contributed by atoms with Crippen LogP contribution in [-0.2, 0) is 11.3 Å². The Bertz CT molecular complexity index is 278. The van der Waals surface area contributed by atoms with Crippen molar-refractivity contribution in [2.75, 3.05) is 13.6 Å². The quantitative estimate of drug-likeness (QED) is 0.780. The molecule has 1 heterocycles. The molecule has 1 aromatic rings. The van der Waals surface area contributed by atoms with Crippen molar-refractivity contribution in [3.63, 3.8) is 0 Å². The van der Waals surface area contributed by atoms with Gasteiger partial charge in [0.2, 0.25) is 0 Å². The van der Waals surface area contributed by atoms with Crippen molar-refractivity contribution in [2.24, 2.45) is 0 Å². The van der Waals surface area contributed by atoms with Crippen LogP contribution in [0, 0.1) is 0 Å². The summed E-state index contributed by atoms with van der Waals surface area (Å²) in [5.41, 5.74) is 0.121. The lowest BCUT2D eigenvalue weighted by Gasteiger charge is -2.41. The van der Waals surface area contributed by atoms with Crippen LogP contribution in [0.1, 0.15) is 31.4 Å². The number of rotatable bonds is 6. The van der Waals surface area contributed by atoms with E-state index in [1.807, 2.05) is 19.2 Å². The molecular formula is C12H19NO2. The Morgan fingerprint density at radius 2 is 2.40 bits per heavy atom. The maximum Gasteiger partial charge on any atom is 0.129 e. The summed E-state index contributed by atoms with van der Waals surface area (Å²) < 4.78 is 11.2. The summed E-state index contributed by atoms with van der Waals surface area (Å²) in [6.45, 7) is 1.63. The highest BCUT2D eigenvalue weighted by atomic mass is 16.5. The average Bonchev–Trinajstić information content (AvgIpc) is 2.68. The molecule has 0 radical (unpaired) electrons. The summed E-state index contributed by atoms with van der Waals surface area (Å²) in [6.07, 6.45) is 6.47. The third kappa shape index (κ3) is 2.61. The third-order valence-corrected chi connectivity index (χ3v) is 3.20. The second-order valence-electron chi connectivity index (χ2n) is 4.26. The smallest absolute Gasteiger partial charge is 0.129 e. The second kappa shape index (κ2) is 4.81. The van der Waals surface area contributed by atoms with Gasteiger partial charge in [-0.2, -0.15) is 0 Å². The molecule has 0 aromatic carbocycles. The van der Waals surface area contributed by atoms with Crippen molar-refractivity contribution in [1.29, 1.82) is 0 Å². The molecule has 2 rings (SSSR count). The van der Waals surface area contributed by atoms with E-state index in [2.05, 4.69) is 5.32 Å². The molecule has 0 spiro atoms. The first kappa shape index (κ1) is 10.7. The van der Waals surface area contributed by atoms with Crippen LogP contribution in [-0.4, -0.2) is 19.2 Å². The Kier molecular flexibility index (Phi) is 3.44. The molecule has 1 aliphatic rings. The van der Waals surface area contributed by atoms with Gasteiger partial charge in [-0.15, -0.1) is 0 Å². The zero-order chi connectivity index (χ0) is 10.6. The Morgan fingerprint density at radius 1 is 1.53 bits per heavy atom. The van der Waals surface area contributed by atoms with Crippen molar-refractivity contribution in [3.05, 3.63) is 24.2 Å². The summed E-state index contributed by atoms with van der Waals surface area (Å²) in [7, 11) is 1.99. The molecule has 1 aliphatic carbocycles. The molecule has 15 heavy (non-hydrogen) atoms. The summed E-state index contributed by atoms with van der Waals surface area (Å²) >= 11 is 0. The topological polar surface area (TPSA) is 34.4 Å². The van der Waals surface area contributed by atoms with Crippen molar-refractivity contribution in [3.8, 4) is 0 Å². The fourth-order valence-corrected chi connectivity index (χ4v) is 2.01. The maximum atomic E-state index is 5.98. The molecule has 1 aromatic heterocycles. The predicted molar refractivity (Wildman–Crippen MR) is 58.6 cm³/mol. The Hall–Kier alpha value is -0.800. The zero-order valence-corrected chi connectivity index (χ0v) is 9.29. The SMILES string of the molecule is CNCCC1(OCc2ccco2)CCC1. The molecule has 0 atom stereocenters. The minimum atomic E-state index is 0.121. The van der Waals surface area contributed by atoms with Crippen LogP contribution >= 0.6 is 0 Å². The van der Waals surface area contributed by atoms with E-state index in [-0.39, 0.29) is 5.60 Å². The summed E-state index contributed by atoms with van der Waals surface area (Å²) in [6, 6.07) is 3.87. The second-order valence-corrected chi connectivity index (χ2v) is 4.26. The number of hydrogen-bond acceptors (Lipinski definition) is 3. The minimum absolute atomic E-state index is 0.121. The Labute approximate surface area is 90.8 Å². The molecule has 0 aliphatic heterocycles. The van der Waals surface area contributed by atoms with Crippen molar-refractivity contribution >= 4 is 0 Å². The van der Waals surface area contributed by atoms with Crippen LogP contribution in [0.25, 0.3) is 0 Å². The van der Waals surface area contributed by atoms with E-state index in [0.29, 0.717) is 6.61 Å². The van der Waals surface area contributed by atoms with E-state index in [4.69, 9.17) is 9.15 Å². The molecule has 1 saturated carbocycles. The lowest BCUT2D eigenvalue weighted by molar-refractivity contribution is -0.117. The van der Waals surface area contributed by atoms with Crippen LogP contribution < -0.4 is 5.32 Å². The molecule has 0 amide bonds. The van der Waals surface area contributed by atoms with E-state index >= 15 is 0 Å². The first-order valence-electron chi connectivity index (χ1n) is 5.66. The van der Waals surface area contributed by atoms with Gasteiger partial charge in [-0.3, -0.25) is 0 Å². The van der Waals surface area contributed by atoms with Gasteiger partial charge in [-0.05, 0) is 51.4 Å². The lowest BCUT2D eigenvalue weighted by Crippen LogP contribution is -2.42. The van der Waals surface area contributed by atoms with E-state index in [1.165, 1.54) is 19.3 Å². The monoisotopic (exact) mass is 209 g/mol. The Morgan fingerprint density at radius 3 is 2.93 bits per heavy atom. The van der Waals surface area contributed by atoms with Gasteiger partial charge in [-0.1, -0.05) is 0 Å². The number of furan rings is 1. The van der Waals surface area contributed by atoms with Crippen LogP contribution in [0.2, 0.25) is 0 Å². The van der Waals surface area contributed by atoms with Gasteiger partial charge < -0.3 is 14.5 Å². The maximum absolute atomic E-state index is 5.98. The highest BCUT2D eigenvalue weighted by Gasteiger charge is 2.37. The highest BCUT2D eigenvalue weighted by Crippen LogP contribution is 2.39. The van der Waals surface area contributed by atoms with Crippen LogP contribution in [0.15, 0.2) is 22.8 Å². The molecule has 84 valence electrons. The first-order chi connectivity index (χ1) is 7.35. The fraction of sp³-hybridized carbons (Fsp3) is 0.667. The summed E-state index contributed by atoms with van der Waals surface area (Å²) in [5, 5.41) is 3.18. The van der Waals surface area contributed by atoms with Crippen molar-refractivity contribution in [1.82, 2.24) is 5.32 Å². The highest BCUT2D eigenvalue weighted by molar-refractivity contribution is 4.98. The van der Waals surface area contributed by atoms with E-state index in [9.17, 15) is 0 Å². The predicted octanol–water partition coefficient (Wildman–Crippen LogP) is 2.33. The molecule has 0 saturated heterocycles. The van der Waals surface area contributed by atoms with E-state index < -0.39 is 0 Å².